The Morgan fingerprint density at radius 1 is 1.11 bits per heavy atom. The summed E-state index contributed by atoms with van der Waals surface area (Å²) in [6.45, 7) is 1.46. The highest BCUT2D eigenvalue weighted by Crippen LogP contribution is 2.19. The van der Waals surface area contributed by atoms with E-state index in [0.29, 0.717) is 11.6 Å². The van der Waals surface area contributed by atoms with Crippen molar-refractivity contribution in [1.82, 2.24) is 5.32 Å². The minimum absolute atomic E-state index is 0.102. The highest BCUT2D eigenvalue weighted by Gasteiger charge is 2.14. The molecule has 0 atom stereocenters. The van der Waals surface area contributed by atoms with E-state index in [0.717, 1.165) is 12.1 Å². The molecule has 0 aliphatic heterocycles. The van der Waals surface area contributed by atoms with Gasteiger partial charge in [0.15, 0.2) is 0 Å². The van der Waals surface area contributed by atoms with Crippen LogP contribution in [-0.4, -0.2) is 26.8 Å². The second-order valence-electron chi connectivity index (χ2n) is 5.70. The molecule has 0 saturated carbocycles. The molecule has 0 aliphatic carbocycles. The first kappa shape index (κ1) is 20.5. The number of nitrogens with two attached hydrogens (primary N) is 1. The number of carbonyl (C=O) groups excluding carboxylic acids is 2. The molecule has 0 saturated heterocycles. The van der Waals surface area contributed by atoms with Crippen molar-refractivity contribution < 1.29 is 26.8 Å². The van der Waals surface area contributed by atoms with Gasteiger partial charge >= 0.3 is 0 Å². The third-order valence-corrected chi connectivity index (χ3v) is 4.64. The lowest BCUT2D eigenvalue weighted by atomic mass is 10.2. The number of rotatable bonds is 6. The lowest BCUT2D eigenvalue weighted by molar-refractivity contribution is -0.116. The van der Waals surface area contributed by atoms with Crippen molar-refractivity contribution in [1.29, 1.82) is 0 Å². The molecular formula is C17H17F2N3O4S. The fourth-order valence-corrected chi connectivity index (χ4v) is 3.07. The van der Waals surface area contributed by atoms with Crippen LogP contribution in [0.2, 0.25) is 0 Å². The second kappa shape index (κ2) is 8.23. The smallest absolute Gasteiger partial charge is 0.254 e. The molecule has 0 spiro atoms. The summed E-state index contributed by atoms with van der Waals surface area (Å²) in [6, 6.07) is 6.77. The van der Waals surface area contributed by atoms with Crippen LogP contribution in [0, 0.1) is 18.6 Å². The number of aryl methyl sites for hydroxylation is 1. The van der Waals surface area contributed by atoms with Crippen LogP contribution < -0.4 is 15.8 Å². The number of halogens is 2. The van der Waals surface area contributed by atoms with Crippen molar-refractivity contribution >= 4 is 27.5 Å². The van der Waals surface area contributed by atoms with E-state index < -0.39 is 33.5 Å². The molecule has 2 rings (SSSR count). The average molecular weight is 397 g/mol. The van der Waals surface area contributed by atoms with Crippen molar-refractivity contribution in [2.75, 3.05) is 11.9 Å². The van der Waals surface area contributed by atoms with Gasteiger partial charge in [-0.25, -0.2) is 22.3 Å². The van der Waals surface area contributed by atoms with Gasteiger partial charge in [-0.3, -0.25) is 9.59 Å². The Balaban J connectivity index is 1.92. The molecule has 2 aromatic rings. The van der Waals surface area contributed by atoms with Gasteiger partial charge in [-0.2, -0.15) is 0 Å². The summed E-state index contributed by atoms with van der Waals surface area (Å²) >= 11 is 0. The van der Waals surface area contributed by atoms with Crippen molar-refractivity contribution in [2.24, 2.45) is 5.14 Å². The first-order valence-electron chi connectivity index (χ1n) is 7.74. The largest absolute Gasteiger partial charge is 0.351 e. The SMILES string of the molecule is Cc1ccc(NC(=O)CCNC(=O)c2ccc(F)cc2F)cc1S(N)(=O)=O. The number of primary sulfonamides is 1. The molecule has 7 nitrogen and oxygen atoms in total. The van der Waals surface area contributed by atoms with Crippen LogP contribution in [-0.2, 0) is 14.8 Å². The van der Waals surface area contributed by atoms with Gasteiger partial charge < -0.3 is 10.6 Å². The molecule has 0 radical (unpaired) electrons. The van der Waals surface area contributed by atoms with Crippen molar-refractivity contribution in [2.45, 2.75) is 18.2 Å². The van der Waals surface area contributed by atoms with Gasteiger partial charge in [-0.05, 0) is 36.8 Å². The van der Waals surface area contributed by atoms with Crippen molar-refractivity contribution in [3.63, 3.8) is 0 Å². The van der Waals surface area contributed by atoms with Crippen LogP contribution in [0.15, 0.2) is 41.3 Å². The van der Waals surface area contributed by atoms with Crippen LogP contribution in [0.25, 0.3) is 0 Å². The quantitative estimate of drug-likeness (QED) is 0.687. The molecule has 0 unspecified atom stereocenters. The van der Waals surface area contributed by atoms with Gasteiger partial charge in [0.05, 0.1) is 10.5 Å². The van der Waals surface area contributed by atoms with E-state index in [4.69, 9.17) is 5.14 Å². The molecule has 2 amide bonds. The number of benzene rings is 2. The maximum Gasteiger partial charge on any atom is 0.254 e. The monoisotopic (exact) mass is 397 g/mol. The summed E-state index contributed by atoms with van der Waals surface area (Å²) in [7, 11) is -3.93. The van der Waals surface area contributed by atoms with E-state index in [9.17, 15) is 26.8 Å². The Morgan fingerprint density at radius 2 is 1.81 bits per heavy atom. The highest BCUT2D eigenvalue weighted by molar-refractivity contribution is 7.89. The van der Waals surface area contributed by atoms with Crippen LogP contribution in [0.1, 0.15) is 22.3 Å². The standard InChI is InChI=1S/C17H17F2N3O4S/c1-10-2-4-12(9-15(10)27(20,25)26)22-16(23)6-7-21-17(24)13-5-3-11(18)8-14(13)19/h2-5,8-9H,6-7H2,1H3,(H,21,24)(H,22,23)(H2,20,25,26). The lowest BCUT2D eigenvalue weighted by Gasteiger charge is -2.10. The maximum atomic E-state index is 13.5. The summed E-state index contributed by atoms with van der Waals surface area (Å²) in [5.74, 6) is -3.10. The number of amides is 2. The molecule has 144 valence electrons. The molecule has 0 bridgehead atoms. The van der Waals surface area contributed by atoms with E-state index in [1.54, 1.807) is 6.92 Å². The molecule has 0 heterocycles. The lowest BCUT2D eigenvalue weighted by Crippen LogP contribution is -2.28. The minimum atomic E-state index is -3.93. The summed E-state index contributed by atoms with van der Waals surface area (Å²) in [5, 5.41) is 9.93. The van der Waals surface area contributed by atoms with E-state index >= 15 is 0 Å². The minimum Gasteiger partial charge on any atom is -0.351 e. The second-order valence-corrected chi connectivity index (χ2v) is 7.23. The summed E-state index contributed by atoms with van der Waals surface area (Å²) in [5.41, 5.74) is 0.322. The Kier molecular flexibility index (Phi) is 6.24. The summed E-state index contributed by atoms with van der Waals surface area (Å²) in [6.07, 6.45) is -0.146. The third-order valence-electron chi connectivity index (χ3n) is 3.59. The molecular weight excluding hydrogens is 380 g/mol. The fourth-order valence-electron chi connectivity index (χ4n) is 2.27. The van der Waals surface area contributed by atoms with Crippen LogP contribution in [0.4, 0.5) is 14.5 Å². The fraction of sp³-hybridized carbons (Fsp3) is 0.176. The first-order chi connectivity index (χ1) is 12.6. The zero-order chi connectivity index (χ0) is 20.2. The van der Waals surface area contributed by atoms with Crippen LogP contribution in [0.3, 0.4) is 0 Å². The normalized spacial score (nSPS) is 11.1. The number of hydrogen-bond donors (Lipinski definition) is 3. The Labute approximate surface area is 154 Å². The van der Waals surface area contributed by atoms with Crippen LogP contribution in [0.5, 0.6) is 0 Å². The number of anilines is 1. The third kappa shape index (κ3) is 5.56. The number of nitrogens with one attached hydrogen (secondary N) is 2. The van der Waals surface area contributed by atoms with Crippen LogP contribution >= 0.6 is 0 Å². The maximum absolute atomic E-state index is 13.5. The summed E-state index contributed by atoms with van der Waals surface area (Å²) in [4.78, 5) is 23.6. The highest BCUT2D eigenvalue weighted by atomic mass is 32.2. The Bertz CT molecular complexity index is 994. The predicted octanol–water partition coefficient (Wildman–Crippen LogP) is 1.68. The number of carbonyl (C=O) groups is 2. The topological polar surface area (TPSA) is 118 Å². The van der Waals surface area contributed by atoms with E-state index in [1.165, 1.54) is 18.2 Å². The zero-order valence-corrected chi connectivity index (χ0v) is 15.1. The molecule has 0 fully saturated rings. The number of sulfonamides is 1. The molecule has 10 heteroatoms. The predicted molar refractivity (Wildman–Crippen MR) is 94.5 cm³/mol. The Morgan fingerprint density at radius 3 is 2.44 bits per heavy atom. The van der Waals surface area contributed by atoms with E-state index in [1.807, 2.05) is 0 Å². The number of hydrogen-bond acceptors (Lipinski definition) is 4. The first-order valence-corrected chi connectivity index (χ1v) is 9.29. The molecule has 0 aromatic heterocycles. The van der Waals surface area contributed by atoms with Gasteiger partial charge in [0, 0.05) is 24.7 Å². The molecule has 4 N–H and O–H groups in total. The van der Waals surface area contributed by atoms with E-state index in [2.05, 4.69) is 10.6 Å². The Hall–Kier alpha value is -2.85. The molecule has 2 aromatic carbocycles. The molecule has 27 heavy (non-hydrogen) atoms. The van der Waals surface area contributed by atoms with Gasteiger partial charge in [0.2, 0.25) is 15.9 Å². The van der Waals surface area contributed by atoms with Gasteiger partial charge in [-0.1, -0.05) is 6.07 Å². The van der Waals surface area contributed by atoms with Crippen molar-refractivity contribution in [3.8, 4) is 0 Å². The average Bonchev–Trinajstić information content (AvgIpc) is 2.55. The summed E-state index contributed by atoms with van der Waals surface area (Å²) < 4.78 is 49.3. The van der Waals surface area contributed by atoms with Gasteiger partial charge in [-0.15, -0.1) is 0 Å². The van der Waals surface area contributed by atoms with Crippen molar-refractivity contribution in [3.05, 3.63) is 59.2 Å². The van der Waals surface area contributed by atoms with E-state index in [-0.39, 0.29) is 29.1 Å². The zero-order valence-electron chi connectivity index (χ0n) is 14.3. The van der Waals surface area contributed by atoms with Gasteiger partial charge in [0.1, 0.15) is 11.6 Å². The van der Waals surface area contributed by atoms with Gasteiger partial charge in [0.25, 0.3) is 5.91 Å². The molecule has 0 aliphatic rings.